The number of hydrogen-bond donors (Lipinski definition) is 1. The van der Waals surface area contributed by atoms with Crippen LogP contribution in [0, 0.1) is 5.92 Å². The van der Waals surface area contributed by atoms with Gasteiger partial charge in [0, 0.05) is 24.6 Å². The summed E-state index contributed by atoms with van der Waals surface area (Å²) < 4.78 is 0. The molecule has 2 unspecified atom stereocenters. The summed E-state index contributed by atoms with van der Waals surface area (Å²) in [5, 5.41) is 10.1. The van der Waals surface area contributed by atoms with Crippen molar-refractivity contribution >= 4 is 11.6 Å². The van der Waals surface area contributed by atoms with Crippen LogP contribution < -0.4 is 4.90 Å². The molecule has 3 heteroatoms. The molecule has 100 valence electrons. The number of nitrogens with zero attached hydrogens (tertiary/aromatic N) is 1. The van der Waals surface area contributed by atoms with E-state index in [2.05, 4.69) is 12.6 Å². The number of anilines is 1. The number of amides is 1. The second-order valence-electron chi connectivity index (χ2n) is 5.50. The van der Waals surface area contributed by atoms with Gasteiger partial charge in [-0.25, -0.2) is 0 Å². The molecule has 0 saturated carbocycles. The summed E-state index contributed by atoms with van der Waals surface area (Å²) in [6.07, 6.45) is 4.90. The predicted molar refractivity (Wildman–Crippen MR) is 75.0 cm³/mol. The summed E-state index contributed by atoms with van der Waals surface area (Å²) in [5.41, 5.74) is 3.13. The topological polar surface area (TPSA) is 40.5 Å². The quantitative estimate of drug-likeness (QED) is 0.827. The number of rotatable bonds is 2. The van der Waals surface area contributed by atoms with Crippen LogP contribution >= 0.6 is 0 Å². The molecule has 0 bridgehead atoms. The molecule has 3 nitrogen and oxygen atoms in total. The van der Waals surface area contributed by atoms with Crippen molar-refractivity contribution in [1.82, 2.24) is 0 Å². The van der Waals surface area contributed by atoms with E-state index in [1.54, 1.807) is 0 Å². The largest absolute Gasteiger partial charge is 0.388 e. The Morgan fingerprint density at radius 1 is 1.42 bits per heavy atom. The van der Waals surface area contributed by atoms with Gasteiger partial charge in [0.2, 0.25) is 5.91 Å². The van der Waals surface area contributed by atoms with Crippen molar-refractivity contribution in [3.05, 3.63) is 42.0 Å². The molecule has 1 aromatic rings. The van der Waals surface area contributed by atoms with E-state index < -0.39 is 0 Å². The van der Waals surface area contributed by atoms with Gasteiger partial charge >= 0.3 is 0 Å². The first-order valence-electron chi connectivity index (χ1n) is 6.93. The number of aliphatic hydroxyl groups is 1. The highest BCUT2D eigenvalue weighted by atomic mass is 16.3. The Morgan fingerprint density at radius 3 is 3.00 bits per heavy atom. The van der Waals surface area contributed by atoms with Crippen LogP contribution in [-0.4, -0.2) is 17.6 Å². The molecule has 1 heterocycles. The third kappa shape index (κ3) is 2.19. The fraction of sp³-hybridized carbons (Fsp3) is 0.438. The van der Waals surface area contributed by atoms with Gasteiger partial charge in [0.25, 0.3) is 0 Å². The van der Waals surface area contributed by atoms with Crippen molar-refractivity contribution < 1.29 is 9.90 Å². The molecule has 1 aromatic carbocycles. The van der Waals surface area contributed by atoms with E-state index >= 15 is 0 Å². The lowest BCUT2D eigenvalue weighted by molar-refractivity contribution is -0.117. The summed E-state index contributed by atoms with van der Waals surface area (Å²) in [4.78, 5) is 13.8. The number of aliphatic hydroxyl groups excluding tert-OH is 1. The zero-order valence-electron chi connectivity index (χ0n) is 11.0. The van der Waals surface area contributed by atoms with E-state index in [1.165, 1.54) is 5.56 Å². The fourth-order valence-electron chi connectivity index (χ4n) is 3.07. The number of carbonyl (C=O) groups excluding carboxylic acids is 1. The first kappa shape index (κ1) is 12.4. The highest BCUT2D eigenvalue weighted by molar-refractivity contribution is 5.96. The minimum absolute atomic E-state index is 0.148. The molecule has 0 aromatic heterocycles. The van der Waals surface area contributed by atoms with Crippen LogP contribution in [-0.2, 0) is 11.2 Å². The Morgan fingerprint density at radius 2 is 2.26 bits per heavy atom. The molecule has 1 fully saturated rings. The highest BCUT2D eigenvalue weighted by Gasteiger charge is 2.29. The fourth-order valence-corrected chi connectivity index (χ4v) is 3.07. The second kappa shape index (κ2) is 4.82. The SMILES string of the molecule is C=CC1CC(=O)N(c2ccc3c(c2)C(O)CCC3)C1. The second-order valence-corrected chi connectivity index (χ2v) is 5.50. The monoisotopic (exact) mass is 257 g/mol. The number of benzene rings is 1. The maximum absolute atomic E-state index is 12.0. The van der Waals surface area contributed by atoms with Crippen LogP contribution in [0.5, 0.6) is 0 Å². The lowest BCUT2D eigenvalue weighted by atomic mass is 9.89. The molecule has 1 saturated heterocycles. The molecule has 1 aliphatic carbocycles. The van der Waals surface area contributed by atoms with Crippen molar-refractivity contribution in [2.45, 2.75) is 31.8 Å². The van der Waals surface area contributed by atoms with Gasteiger partial charge in [-0.2, -0.15) is 0 Å². The normalized spacial score (nSPS) is 26.4. The minimum Gasteiger partial charge on any atom is -0.388 e. The van der Waals surface area contributed by atoms with Gasteiger partial charge in [0.05, 0.1) is 6.10 Å². The van der Waals surface area contributed by atoms with Crippen molar-refractivity contribution in [2.75, 3.05) is 11.4 Å². The van der Waals surface area contributed by atoms with Crippen molar-refractivity contribution in [3.63, 3.8) is 0 Å². The van der Waals surface area contributed by atoms with E-state index in [4.69, 9.17) is 0 Å². The summed E-state index contributed by atoms with van der Waals surface area (Å²) in [5.74, 6) is 0.392. The van der Waals surface area contributed by atoms with E-state index in [0.29, 0.717) is 13.0 Å². The molecule has 19 heavy (non-hydrogen) atoms. The maximum Gasteiger partial charge on any atom is 0.227 e. The van der Waals surface area contributed by atoms with E-state index in [-0.39, 0.29) is 17.9 Å². The van der Waals surface area contributed by atoms with E-state index in [0.717, 1.165) is 30.5 Å². The van der Waals surface area contributed by atoms with Crippen LogP contribution in [0.4, 0.5) is 5.69 Å². The van der Waals surface area contributed by atoms with Gasteiger partial charge in [0.15, 0.2) is 0 Å². The lowest BCUT2D eigenvalue weighted by Crippen LogP contribution is -2.25. The number of carbonyl (C=O) groups is 1. The smallest absolute Gasteiger partial charge is 0.227 e. The molecule has 1 aliphatic heterocycles. The first-order valence-corrected chi connectivity index (χ1v) is 6.93. The summed E-state index contributed by atoms with van der Waals surface area (Å²) in [6, 6.07) is 6.05. The van der Waals surface area contributed by atoms with Gasteiger partial charge in [-0.15, -0.1) is 6.58 Å². The van der Waals surface area contributed by atoms with Crippen molar-refractivity contribution in [1.29, 1.82) is 0 Å². The van der Waals surface area contributed by atoms with Gasteiger partial charge < -0.3 is 10.0 Å². The van der Waals surface area contributed by atoms with Gasteiger partial charge in [0.1, 0.15) is 0 Å². The van der Waals surface area contributed by atoms with E-state index in [1.807, 2.05) is 23.1 Å². The van der Waals surface area contributed by atoms with Crippen LogP contribution in [0.15, 0.2) is 30.9 Å². The van der Waals surface area contributed by atoms with Gasteiger partial charge in [-0.3, -0.25) is 4.79 Å². The minimum atomic E-state index is -0.378. The summed E-state index contributed by atoms with van der Waals surface area (Å²) in [7, 11) is 0. The molecule has 3 rings (SSSR count). The van der Waals surface area contributed by atoms with Crippen LogP contribution in [0.1, 0.15) is 36.5 Å². The van der Waals surface area contributed by atoms with Crippen LogP contribution in [0.25, 0.3) is 0 Å². The number of fused-ring (bicyclic) bond motifs is 1. The van der Waals surface area contributed by atoms with Gasteiger partial charge in [-0.1, -0.05) is 12.1 Å². The average molecular weight is 257 g/mol. The van der Waals surface area contributed by atoms with Crippen LogP contribution in [0.2, 0.25) is 0 Å². The van der Waals surface area contributed by atoms with Gasteiger partial charge in [-0.05, 0) is 42.5 Å². The van der Waals surface area contributed by atoms with Crippen molar-refractivity contribution in [3.8, 4) is 0 Å². The molecule has 2 aliphatic rings. The zero-order chi connectivity index (χ0) is 13.4. The molecule has 0 radical (unpaired) electrons. The molecular weight excluding hydrogens is 238 g/mol. The first-order chi connectivity index (χ1) is 9.19. The average Bonchev–Trinajstić information content (AvgIpc) is 2.80. The number of aryl methyl sites for hydroxylation is 1. The molecule has 2 atom stereocenters. The lowest BCUT2D eigenvalue weighted by Gasteiger charge is -2.24. The van der Waals surface area contributed by atoms with E-state index in [9.17, 15) is 9.90 Å². The molecule has 1 N–H and O–H groups in total. The molecular formula is C16H19NO2. The van der Waals surface area contributed by atoms with Crippen LogP contribution in [0.3, 0.4) is 0 Å². The highest BCUT2D eigenvalue weighted by Crippen LogP contribution is 2.34. The van der Waals surface area contributed by atoms with Crippen molar-refractivity contribution in [2.24, 2.45) is 5.92 Å². The Bertz CT molecular complexity index is 523. The zero-order valence-corrected chi connectivity index (χ0v) is 11.0. The summed E-state index contributed by atoms with van der Waals surface area (Å²) in [6.45, 7) is 4.47. The standard InChI is InChI=1S/C16H19NO2/c1-2-11-8-16(19)17(10-11)13-7-6-12-4-3-5-15(18)14(12)9-13/h2,6-7,9,11,15,18H,1,3-5,8,10H2. The maximum atomic E-state index is 12.0. The predicted octanol–water partition coefficient (Wildman–Crippen LogP) is 2.60. The Kier molecular flexibility index (Phi) is 3.15. The number of hydrogen-bond acceptors (Lipinski definition) is 2. The summed E-state index contributed by atoms with van der Waals surface area (Å²) >= 11 is 0. The molecule has 1 amide bonds. The third-order valence-corrected chi connectivity index (χ3v) is 4.21. The Labute approximate surface area is 113 Å². The Hall–Kier alpha value is -1.61. The Balaban J connectivity index is 1.92. The molecule has 0 spiro atoms. The third-order valence-electron chi connectivity index (χ3n) is 4.21.